The molecule has 114 valence electrons. The fourth-order valence-corrected chi connectivity index (χ4v) is 2.65. The highest BCUT2D eigenvalue weighted by Gasteiger charge is 2.23. The van der Waals surface area contributed by atoms with Crippen molar-refractivity contribution in [1.29, 1.82) is 0 Å². The number of methoxy groups -OCH3 is 1. The van der Waals surface area contributed by atoms with Gasteiger partial charge in [-0.1, -0.05) is 17.2 Å². The number of azide groups is 1. The third-order valence-corrected chi connectivity index (χ3v) is 3.77. The summed E-state index contributed by atoms with van der Waals surface area (Å²) < 4.78 is 18.3. The molecule has 0 saturated carbocycles. The Morgan fingerprint density at radius 3 is 2.71 bits per heavy atom. The van der Waals surface area contributed by atoms with Crippen LogP contribution in [0.4, 0.5) is 10.1 Å². The molecule has 0 unspecified atom stereocenters. The number of rotatable bonds is 6. The van der Waals surface area contributed by atoms with Crippen LogP contribution in [0.1, 0.15) is 18.1 Å². The quantitative estimate of drug-likeness (QED) is 0.496. The number of halogens is 1. The van der Waals surface area contributed by atoms with E-state index in [1.807, 2.05) is 24.3 Å². The summed E-state index contributed by atoms with van der Waals surface area (Å²) in [5.74, 6) is 0. The van der Waals surface area contributed by atoms with Crippen LogP contribution in [0.25, 0.3) is 10.4 Å². The lowest BCUT2D eigenvalue weighted by Gasteiger charge is -2.22. The standard InChI is InChI=1S/C14H20FN5O/c1-21-14(13(8-15)18-19-17)10-2-4-12(5-3-10)20-7-6-11(16)9-20/h2-5,11,13-14H,6-9,16H2,1H3/t11-,13-,14-/m1/s1. The molecule has 6 nitrogen and oxygen atoms in total. The van der Waals surface area contributed by atoms with E-state index >= 15 is 0 Å². The van der Waals surface area contributed by atoms with Crippen LogP contribution in [0.5, 0.6) is 0 Å². The third kappa shape index (κ3) is 3.64. The van der Waals surface area contributed by atoms with Crippen molar-refractivity contribution in [3.8, 4) is 0 Å². The van der Waals surface area contributed by atoms with Gasteiger partial charge in [0, 0.05) is 36.8 Å². The summed E-state index contributed by atoms with van der Waals surface area (Å²) >= 11 is 0. The van der Waals surface area contributed by atoms with E-state index in [9.17, 15) is 4.39 Å². The Morgan fingerprint density at radius 1 is 1.52 bits per heavy atom. The molecule has 1 heterocycles. The normalized spacial score (nSPS) is 20.9. The van der Waals surface area contributed by atoms with Crippen LogP contribution in [-0.2, 0) is 4.74 Å². The van der Waals surface area contributed by atoms with Crippen LogP contribution >= 0.6 is 0 Å². The maximum absolute atomic E-state index is 13.0. The summed E-state index contributed by atoms with van der Waals surface area (Å²) in [5.41, 5.74) is 16.3. The Labute approximate surface area is 123 Å². The zero-order chi connectivity index (χ0) is 15.2. The molecule has 1 aromatic carbocycles. The van der Waals surface area contributed by atoms with E-state index < -0.39 is 18.8 Å². The first-order chi connectivity index (χ1) is 10.2. The molecule has 1 fully saturated rings. The molecule has 1 aliphatic rings. The van der Waals surface area contributed by atoms with E-state index in [1.165, 1.54) is 7.11 Å². The van der Waals surface area contributed by atoms with Crippen LogP contribution in [0.2, 0.25) is 0 Å². The molecular weight excluding hydrogens is 273 g/mol. The van der Waals surface area contributed by atoms with Crippen LogP contribution < -0.4 is 10.6 Å². The number of nitrogens with two attached hydrogens (primary N) is 1. The number of ether oxygens (including phenoxy) is 1. The summed E-state index contributed by atoms with van der Waals surface area (Å²) in [6.07, 6.45) is 0.407. The van der Waals surface area contributed by atoms with Crippen LogP contribution in [0.3, 0.4) is 0 Å². The molecule has 0 bridgehead atoms. The monoisotopic (exact) mass is 293 g/mol. The predicted molar refractivity (Wildman–Crippen MR) is 79.9 cm³/mol. The molecule has 0 spiro atoms. The molecule has 7 heteroatoms. The second-order valence-electron chi connectivity index (χ2n) is 5.17. The molecule has 0 aliphatic carbocycles. The second-order valence-corrected chi connectivity index (χ2v) is 5.17. The molecule has 2 N–H and O–H groups in total. The van der Waals surface area contributed by atoms with Crippen LogP contribution in [0, 0.1) is 0 Å². The largest absolute Gasteiger partial charge is 0.376 e. The summed E-state index contributed by atoms with van der Waals surface area (Å²) in [6, 6.07) is 7.05. The summed E-state index contributed by atoms with van der Waals surface area (Å²) in [6.45, 7) is 1.03. The third-order valence-electron chi connectivity index (χ3n) is 3.77. The second kappa shape index (κ2) is 7.26. The summed E-state index contributed by atoms with van der Waals surface area (Å²) in [7, 11) is 1.48. The maximum Gasteiger partial charge on any atom is 0.101 e. The number of hydrogen-bond donors (Lipinski definition) is 1. The van der Waals surface area contributed by atoms with Gasteiger partial charge < -0.3 is 15.4 Å². The van der Waals surface area contributed by atoms with E-state index in [-0.39, 0.29) is 6.04 Å². The highest BCUT2D eigenvalue weighted by atomic mass is 19.1. The first-order valence-corrected chi connectivity index (χ1v) is 6.93. The average Bonchev–Trinajstić information content (AvgIpc) is 2.94. The first kappa shape index (κ1) is 15.6. The minimum absolute atomic E-state index is 0.220. The molecular formula is C14H20FN5O. The molecule has 1 aliphatic heterocycles. The lowest BCUT2D eigenvalue weighted by Crippen LogP contribution is -2.26. The van der Waals surface area contributed by atoms with E-state index in [1.54, 1.807) is 0 Å². The van der Waals surface area contributed by atoms with E-state index in [4.69, 9.17) is 16.0 Å². The Hall–Kier alpha value is -1.82. The van der Waals surface area contributed by atoms with Crippen molar-refractivity contribution >= 4 is 5.69 Å². The average molecular weight is 293 g/mol. The molecule has 2 rings (SSSR count). The number of alkyl halides is 1. The van der Waals surface area contributed by atoms with Crippen LogP contribution in [-0.4, -0.2) is 39.0 Å². The van der Waals surface area contributed by atoms with Gasteiger partial charge in [0.1, 0.15) is 6.67 Å². The Morgan fingerprint density at radius 2 is 2.24 bits per heavy atom. The van der Waals surface area contributed by atoms with Gasteiger partial charge >= 0.3 is 0 Å². The van der Waals surface area contributed by atoms with Gasteiger partial charge in [0.25, 0.3) is 0 Å². The van der Waals surface area contributed by atoms with Gasteiger partial charge in [-0.2, -0.15) is 0 Å². The summed E-state index contributed by atoms with van der Waals surface area (Å²) in [5, 5.41) is 3.45. The molecule has 21 heavy (non-hydrogen) atoms. The van der Waals surface area contributed by atoms with Crippen molar-refractivity contribution in [2.75, 3.05) is 31.8 Å². The smallest absolute Gasteiger partial charge is 0.101 e. The Kier molecular flexibility index (Phi) is 5.38. The van der Waals surface area contributed by atoms with Gasteiger partial charge in [0.2, 0.25) is 0 Å². The van der Waals surface area contributed by atoms with Crippen molar-refractivity contribution in [1.82, 2.24) is 0 Å². The highest BCUT2D eigenvalue weighted by molar-refractivity contribution is 5.49. The van der Waals surface area contributed by atoms with Gasteiger partial charge in [-0.3, -0.25) is 4.39 Å². The fourth-order valence-electron chi connectivity index (χ4n) is 2.65. The Bertz CT molecular complexity index is 503. The van der Waals surface area contributed by atoms with Gasteiger partial charge in [0.05, 0.1) is 12.1 Å². The SMILES string of the molecule is CO[C@H](c1ccc(N2CC[C@@H](N)C2)cc1)[C@@H](CF)N=[N+]=[N-]. The number of benzene rings is 1. The molecule has 0 amide bonds. The van der Waals surface area contributed by atoms with Gasteiger partial charge in [0.15, 0.2) is 0 Å². The lowest BCUT2D eigenvalue weighted by atomic mass is 10.0. The van der Waals surface area contributed by atoms with Gasteiger partial charge in [-0.25, -0.2) is 0 Å². The Balaban J connectivity index is 2.14. The number of hydrogen-bond acceptors (Lipinski definition) is 4. The highest BCUT2D eigenvalue weighted by Crippen LogP contribution is 2.27. The van der Waals surface area contributed by atoms with E-state index in [2.05, 4.69) is 14.9 Å². The van der Waals surface area contributed by atoms with Gasteiger partial charge in [-0.15, -0.1) is 0 Å². The molecule has 3 atom stereocenters. The molecule has 0 aromatic heterocycles. The van der Waals surface area contributed by atoms with E-state index in [0.29, 0.717) is 0 Å². The van der Waals surface area contributed by atoms with Crippen molar-refractivity contribution in [3.63, 3.8) is 0 Å². The van der Waals surface area contributed by atoms with Crippen LogP contribution in [0.15, 0.2) is 29.4 Å². The van der Waals surface area contributed by atoms with Crippen molar-refractivity contribution in [2.24, 2.45) is 10.8 Å². The topological polar surface area (TPSA) is 87.2 Å². The molecule has 0 radical (unpaired) electrons. The first-order valence-electron chi connectivity index (χ1n) is 6.93. The van der Waals surface area contributed by atoms with Crippen molar-refractivity contribution in [3.05, 3.63) is 40.3 Å². The van der Waals surface area contributed by atoms with Crippen molar-refractivity contribution in [2.45, 2.75) is 24.6 Å². The van der Waals surface area contributed by atoms with Crippen molar-refractivity contribution < 1.29 is 9.13 Å². The molecule has 1 aromatic rings. The maximum atomic E-state index is 13.0. The minimum atomic E-state index is -0.856. The fraction of sp³-hybridized carbons (Fsp3) is 0.571. The zero-order valence-corrected chi connectivity index (χ0v) is 12.0. The zero-order valence-electron chi connectivity index (χ0n) is 12.0. The number of anilines is 1. The number of nitrogens with zero attached hydrogens (tertiary/aromatic N) is 4. The minimum Gasteiger partial charge on any atom is -0.376 e. The van der Waals surface area contributed by atoms with Gasteiger partial charge in [-0.05, 0) is 29.6 Å². The lowest BCUT2D eigenvalue weighted by molar-refractivity contribution is 0.0722. The van der Waals surface area contributed by atoms with E-state index in [0.717, 1.165) is 30.8 Å². The molecule has 1 saturated heterocycles. The summed E-state index contributed by atoms with van der Waals surface area (Å²) in [4.78, 5) is 4.89. The predicted octanol–water partition coefficient (Wildman–Crippen LogP) is 2.56.